The molecule has 1 aromatic heterocycles. The van der Waals surface area contributed by atoms with Gasteiger partial charge in [-0.25, -0.2) is 13.6 Å². The van der Waals surface area contributed by atoms with Crippen LogP contribution in [0.2, 0.25) is 0 Å². The summed E-state index contributed by atoms with van der Waals surface area (Å²) < 4.78 is 27.6. The van der Waals surface area contributed by atoms with Crippen molar-refractivity contribution in [2.45, 2.75) is 18.2 Å². The van der Waals surface area contributed by atoms with Crippen molar-refractivity contribution in [2.75, 3.05) is 6.54 Å². The number of hydrogen-bond acceptors (Lipinski definition) is 4. The van der Waals surface area contributed by atoms with Crippen molar-refractivity contribution in [2.24, 2.45) is 5.14 Å². The number of rotatable bonds is 5. The second kappa shape index (κ2) is 6.11. The van der Waals surface area contributed by atoms with E-state index < -0.39 is 10.0 Å². The summed E-state index contributed by atoms with van der Waals surface area (Å²) in [6.07, 6.45) is 2.17. The highest BCUT2D eigenvalue weighted by Gasteiger charge is 2.13. The lowest BCUT2D eigenvalue weighted by Gasteiger charge is -2.08. The molecule has 0 unspecified atom stereocenters. The van der Waals surface area contributed by atoms with E-state index in [1.54, 1.807) is 19.3 Å². The summed E-state index contributed by atoms with van der Waals surface area (Å²) >= 11 is 0. The lowest BCUT2D eigenvalue weighted by molar-refractivity contribution is 0.0953. The highest BCUT2D eigenvalue weighted by molar-refractivity contribution is 7.89. The van der Waals surface area contributed by atoms with Crippen molar-refractivity contribution in [3.63, 3.8) is 0 Å². The number of amides is 1. The summed E-state index contributed by atoms with van der Waals surface area (Å²) in [5, 5.41) is 7.80. The lowest BCUT2D eigenvalue weighted by Crippen LogP contribution is -2.26. The van der Waals surface area contributed by atoms with E-state index in [0.717, 1.165) is 5.76 Å². The number of nitrogens with two attached hydrogens (primary N) is 1. The first kappa shape index (κ1) is 15.3. The van der Waals surface area contributed by atoms with Gasteiger partial charge in [0.05, 0.1) is 11.2 Å². The molecule has 2 aromatic rings. The zero-order chi connectivity index (χ0) is 15.5. The van der Waals surface area contributed by atoms with E-state index in [4.69, 9.17) is 9.56 Å². The van der Waals surface area contributed by atoms with Crippen molar-refractivity contribution in [3.05, 3.63) is 53.5 Å². The van der Waals surface area contributed by atoms with Gasteiger partial charge in [-0.05, 0) is 42.8 Å². The third-order valence-corrected chi connectivity index (χ3v) is 3.92. The maximum Gasteiger partial charge on any atom is 0.251 e. The van der Waals surface area contributed by atoms with E-state index in [0.29, 0.717) is 24.1 Å². The summed E-state index contributed by atoms with van der Waals surface area (Å²) in [6.45, 7) is 2.10. The molecule has 0 aliphatic rings. The predicted molar refractivity (Wildman–Crippen MR) is 77.3 cm³/mol. The molecule has 0 aliphatic heterocycles. The van der Waals surface area contributed by atoms with Crippen molar-refractivity contribution in [1.82, 2.24) is 5.32 Å². The Labute approximate surface area is 123 Å². The second-order valence-electron chi connectivity index (χ2n) is 4.61. The van der Waals surface area contributed by atoms with Crippen LogP contribution in [0.3, 0.4) is 0 Å². The summed E-state index contributed by atoms with van der Waals surface area (Å²) in [4.78, 5) is 12.0. The number of nitrogens with one attached hydrogen (secondary N) is 1. The van der Waals surface area contributed by atoms with Crippen molar-refractivity contribution < 1.29 is 17.6 Å². The van der Waals surface area contributed by atoms with Crippen LogP contribution in [0.25, 0.3) is 0 Å². The standard InChI is InChI=1S/C14H16N2O4S/c1-10-9-12(21(15,18)19)4-5-13(10)14(17)16-7-6-11-3-2-8-20-11/h2-5,8-9H,6-7H2,1H3,(H,16,17)(H2,15,18,19). The maximum atomic E-state index is 12.0. The Morgan fingerprint density at radius 1 is 1.33 bits per heavy atom. The minimum Gasteiger partial charge on any atom is -0.469 e. The molecule has 21 heavy (non-hydrogen) atoms. The fourth-order valence-electron chi connectivity index (χ4n) is 1.92. The molecule has 1 aromatic carbocycles. The molecule has 1 heterocycles. The predicted octanol–water partition coefficient (Wildman–Crippen LogP) is 1.21. The van der Waals surface area contributed by atoms with E-state index in [1.807, 2.05) is 6.07 Å². The van der Waals surface area contributed by atoms with E-state index >= 15 is 0 Å². The number of hydrogen-bond donors (Lipinski definition) is 2. The SMILES string of the molecule is Cc1cc(S(N)(=O)=O)ccc1C(=O)NCCc1ccco1. The molecule has 7 heteroatoms. The number of benzene rings is 1. The summed E-state index contributed by atoms with van der Waals surface area (Å²) in [5.74, 6) is 0.525. The molecule has 0 spiro atoms. The molecule has 112 valence electrons. The van der Waals surface area contributed by atoms with Crippen LogP contribution in [0.4, 0.5) is 0 Å². The topological polar surface area (TPSA) is 102 Å². The van der Waals surface area contributed by atoms with Gasteiger partial charge in [-0.2, -0.15) is 0 Å². The van der Waals surface area contributed by atoms with Crippen LogP contribution in [-0.4, -0.2) is 20.9 Å². The number of furan rings is 1. The van der Waals surface area contributed by atoms with E-state index in [2.05, 4.69) is 5.32 Å². The van der Waals surface area contributed by atoms with Gasteiger partial charge >= 0.3 is 0 Å². The molecular formula is C14H16N2O4S. The first-order valence-corrected chi connectivity index (χ1v) is 7.86. The van der Waals surface area contributed by atoms with Gasteiger partial charge in [0.15, 0.2) is 0 Å². The summed E-state index contributed by atoms with van der Waals surface area (Å²) in [5.41, 5.74) is 0.971. The zero-order valence-electron chi connectivity index (χ0n) is 11.5. The van der Waals surface area contributed by atoms with Gasteiger partial charge in [0.1, 0.15) is 5.76 Å². The average Bonchev–Trinajstić information content (AvgIpc) is 2.90. The molecule has 0 atom stereocenters. The van der Waals surface area contributed by atoms with E-state index in [-0.39, 0.29) is 10.8 Å². The Balaban J connectivity index is 2.02. The molecule has 0 radical (unpaired) electrons. The molecule has 1 amide bonds. The van der Waals surface area contributed by atoms with E-state index in [1.165, 1.54) is 18.2 Å². The normalized spacial score (nSPS) is 11.3. The largest absolute Gasteiger partial charge is 0.469 e. The Kier molecular flexibility index (Phi) is 4.44. The molecule has 0 bridgehead atoms. The van der Waals surface area contributed by atoms with Crippen LogP contribution in [-0.2, 0) is 16.4 Å². The van der Waals surface area contributed by atoms with Gasteiger partial charge in [-0.15, -0.1) is 0 Å². The number of primary sulfonamides is 1. The molecule has 0 aliphatic carbocycles. The monoisotopic (exact) mass is 308 g/mol. The molecule has 0 saturated carbocycles. The molecule has 0 saturated heterocycles. The lowest BCUT2D eigenvalue weighted by atomic mass is 10.1. The first-order valence-electron chi connectivity index (χ1n) is 6.32. The minimum atomic E-state index is -3.76. The zero-order valence-corrected chi connectivity index (χ0v) is 12.3. The minimum absolute atomic E-state index is 0.00728. The van der Waals surface area contributed by atoms with Crippen LogP contribution in [0, 0.1) is 6.92 Å². The number of carbonyl (C=O) groups excluding carboxylic acids is 1. The Morgan fingerprint density at radius 2 is 2.10 bits per heavy atom. The molecule has 3 N–H and O–H groups in total. The van der Waals surface area contributed by atoms with Crippen molar-refractivity contribution >= 4 is 15.9 Å². The smallest absolute Gasteiger partial charge is 0.251 e. The quantitative estimate of drug-likeness (QED) is 0.866. The third kappa shape index (κ3) is 3.93. The fraction of sp³-hybridized carbons (Fsp3) is 0.214. The Morgan fingerprint density at radius 3 is 2.67 bits per heavy atom. The maximum absolute atomic E-state index is 12.0. The molecule has 6 nitrogen and oxygen atoms in total. The number of aryl methyl sites for hydroxylation is 1. The Bertz CT molecular complexity index is 736. The van der Waals surface area contributed by atoms with Crippen LogP contribution >= 0.6 is 0 Å². The van der Waals surface area contributed by atoms with Gasteiger partial charge in [0.25, 0.3) is 5.91 Å². The van der Waals surface area contributed by atoms with Gasteiger partial charge in [0, 0.05) is 18.5 Å². The van der Waals surface area contributed by atoms with Gasteiger partial charge < -0.3 is 9.73 Å². The highest BCUT2D eigenvalue weighted by atomic mass is 32.2. The highest BCUT2D eigenvalue weighted by Crippen LogP contribution is 2.14. The van der Waals surface area contributed by atoms with Gasteiger partial charge in [-0.1, -0.05) is 0 Å². The number of carbonyl (C=O) groups is 1. The first-order chi connectivity index (χ1) is 9.88. The summed E-state index contributed by atoms with van der Waals surface area (Å²) in [6, 6.07) is 7.78. The van der Waals surface area contributed by atoms with Crippen LogP contribution in [0.5, 0.6) is 0 Å². The van der Waals surface area contributed by atoms with Crippen LogP contribution < -0.4 is 10.5 Å². The van der Waals surface area contributed by atoms with Crippen molar-refractivity contribution in [3.8, 4) is 0 Å². The summed E-state index contributed by atoms with van der Waals surface area (Å²) in [7, 11) is -3.76. The average molecular weight is 308 g/mol. The van der Waals surface area contributed by atoms with Crippen LogP contribution in [0.15, 0.2) is 45.9 Å². The van der Waals surface area contributed by atoms with E-state index in [9.17, 15) is 13.2 Å². The Hall–Kier alpha value is -2.12. The fourth-order valence-corrected chi connectivity index (χ4v) is 2.52. The number of sulfonamides is 1. The van der Waals surface area contributed by atoms with Crippen molar-refractivity contribution in [1.29, 1.82) is 0 Å². The van der Waals surface area contributed by atoms with Crippen LogP contribution in [0.1, 0.15) is 21.7 Å². The van der Waals surface area contributed by atoms with Gasteiger partial charge in [0.2, 0.25) is 10.0 Å². The second-order valence-corrected chi connectivity index (χ2v) is 6.17. The third-order valence-electron chi connectivity index (χ3n) is 3.01. The molecule has 2 rings (SSSR count). The van der Waals surface area contributed by atoms with Gasteiger partial charge in [-0.3, -0.25) is 4.79 Å². The molecule has 0 fully saturated rings. The molecular weight excluding hydrogens is 292 g/mol.